The largest absolute Gasteiger partial charge is 0.496 e. The first-order valence-electron chi connectivity index (χ1n) is 6.19. The summed E-state index contributed by atoms with van der Waals surface area (Å²) in [6, 6.07) is 5.38. The highest BCUT2D eigenvalue weighted by atomic mass is 79.9. The maximum Gasteiger partial charge on any atom is 0.253 e. The summed E-state index contributed by atoms with van der Waals surface area (Å²) in [6.45, 7) is 1.73. The van der Waals surface area contributed by atoms with Crippen molar-refractivity contribution < 1.29 is 9.53 Å². The molecule has 0 fully saturated rings. The number of ether oxygens (including phenoxy) is 1. The minimum atomic E-state index is 0.0297. The zero-order valence-electron chi connectivity index (χ0n) is 11.9. The van der Waals surface area contributed by atoms with Crippen LogP contribution < -0.4 is 4.74 Å². The third-order valence-electron chi connectivity index (χ3n) is 2.84. The van der Waals surface area contributed by atoms with E-state index in [4.69, 9.17) is 4.74 Å². The number of benzene rings is 1. The monoisotopic (exact) mass is 328 g/mol. The van der Waals surface area contributed by atoms with Crippen molar-refractivity contribution >= 4 is 21.8 Å². The number of halogens is 1. The van der Waals surface area contributed by atoms with Crippen molar-refractivity contribution in [3.05, 3.63) is 28.2 Å². The van der Waals surface area contributed by atoms with Gasteiger partial charge in [-0.1, -0.05) is 0 Å². The molecule has 1 amide bonds. The summed E-state index contributed by atoms with van der Waals surface area (Å²) in [7, 11) is 7.50. The summed E-state index contributed by atoms with van der Waals surface area (Å²) < 4.78 is 5.95. The average molecular weight is 329 g/mol. The van der Waals surface area contributed by atoms with Gasteiger partial charge in [0.15, 0.2) is 0 Å². The third kappa shape index (κ3) is 4.84. The average Bonchev–Trinajstić information content (AvgIpc) is 2.37. The molecule has 0 aliphatic carbocycles. The molecule has 0 saturated heterocycles. The smallest absolute Gasteiger partial charge is 0.253 e. The summed E-state index contributed by atoms with van der Waals surface area (Å²) in [4.78, 5) is 16.1. The maximum atomic E-state index is 12.2. The Morgan fingerprint density at radius 2 is 1.95 bits per heavy atom. The van der Waals surface area contributed by atoms with Crippen LogP contribution in [-0.4, -0.2) is 57.0 Å². The van der Waals surface area contributed by atoms with Gasteiger partial charge < -0.3 is 14.5 Å². The minimum Gasteiger partial charge on any atom is -0.496 e. The Bertz CT molecular complexity index is 435. The normalized spacial score (nSPS) is 10.6. The van der Waals surface area contributed by atoms with Gasteiger partial charge in [0.2, 0.25) is 0 Å². The number of nitrogens with zero attached hydrogens (tertiary/aromatic N) is 2. The number of hydrogen-bond acceptors (Lipinski definition) is 3. The molecule has 0 heterocycles. The van der Waals surface area contributed by atoms with E-state index in [1.54, 1.807) is 30.2 Å². The van der Waals surface area contributed by atoms with Crippen LogP contribution in [0.1, 0.15) is 16.8 Å². The van der Waals surface area contributed by atoms with Gasteiger partial charge in [0, 0.05) is 19.2 Å². The highest BCUT2D eigenvalue weighted by molar-refractivity contribution is 9.10. The Morgan fingerprint density at radius 1 is 1.26 bits per heavy atom. The van der Waals surface area contributed by atoms with Crippen molar-refractivity contribution in [3.8, 4) is 5.75 Å². The van der Waals surface area contributed by atoms with Crippen LogP contribution in [0.25, 0.3) is 0 Å². The molecule has 0 unspecified atom stereocenters. The predicted molar refractivity (Wildman–Crippen MR) is 80.8 cm³/mol. The third-order valence-corrected chi connectivity index (χ3v) is 3.46. The molecule has 1 rings (SSSR count). The molecule has 1 aromatic carbocycles. The minimum absolute atomic E-state index is 0.0297. The van der Waals surface area contributed by atoms with Gasteiger partial charge >= 0.3 is 0 Å². The first kappa shape index (κ1) is 16.0. The number of amides is 1. The number of methoxy groups -OCH3 is 1. The highest BCUT2D eigenvalue weighted by Gasteiger charge is 2.13. The molecule has 106 valence electrons. The Hall–Kier alpha value is -1.07. The molecule has 0 aliphatic rings. The molecule has 0 atom stereocenters. The van der Waals surface area contributed by atoms with Gasteiger partial charge in [-0.05, 0) is 61.2 Å². The van der Waals surface area contributed by atoms with E-state index >= 15 is 0 Å². The van der Waals surface area contributed by atoms with Crippen LogP contribution in [0.15, 0.2) is 22.7 Å². The number of carbonyl (C=O) groups excluding carboxylic acids is 1. The molecule has 4 nitrogen and oxygen atoms in total. The second-order valence-electron chi connectivity index (χ2n) is 4.73. The molecule has 0 radical (unpaired) electrons. The van der Waals surface area contributed by atoms with Crippen LogP contribution in [-0.2, 0) is 0 Å². The Balaban J connectivity index is 2.64. The maximum absolute atomic E-state index is 12.2. The molecular weight excluding hydrogens is 308 g/mol. The van der Waals surface area contributed by atoms with Crippen molar-refractivity contribution in [1.29, 1.82) is 0 Å². The van der Waals surface area contributed by atoms with Crippen LogP contribution in [0.4, 0.5) is 0 Å². The second kappa shape index (κ2) is 7.50. The molecule has 0 spiro atoms. The van der Waals surface area contributed by atoms with Gasteiger partial charge in [-0.15, -0.1) is 0 Å². The molecule has 0 N–H and O–H groups in total. The van der Waals surface area contributed by atoms with Crippen molar-refractivity contribution in [2.24, 2.45) is 0 Å². The van der Waals surface area contributed by atoms with Gasteiger partial charge in [-0.25, -0.2) is 0 Å². The van der Waals surface area contributed by atoms with Crippen molar-refractivity contribution in [3.63, 3.8) is 0 Å². The fraction of sp³-hybridized carbons (Fsp3) is 0.500. The van der Waals surface area contributed by atoms with Crippen LogP contribution in [0, 0.1) is 0 Å². The van der Waals surface area contributed by atoms with E-state index in [2.05, 4.69) is 20.8 Å². The standard InChI is InChI=1S/C14H21BrN2O2/c1-16(2)8-5-9-17(3)14(18)11-6-7-13(19-4)12(15)10-11/h6-7,10H,5,8-9H2,1-4H3. The van der Waals surface area contributed by atoms with E-state index in [-0.39, 0.29) is 5.91 Å². The lowest BCUT2D eigenvalue weighted by Crippen LogP contribution is -2.29. The van der Waals surface area contributed by atoms with Crippen LogP contribution in [0.5, 0.6) is 5.75 Å². The molecule has 0 saturated carbocycles. The van der Waals surface area contributed by atoms with Crippen LogP contribution >= 0.6 is 15.9 Å². The number of rotatable bonds is 6. The van der Waals surface area contributed by atoms with Crippen molar-refractivity contribution in [2.75, 3.05) is 41.3 Å². The number of carbonyl (C=O) groups is 1. The predicted octanol–water partition coefficient (Wildman–Crippen LogP) is 2.48. The molecule has 0 aliphatic heterocycles. The summed E-state index contributed by atoms with van der Waals surface area (Å²) in [5.41, 5.74) is 0.667. The Morgan fingerprint density at radius 3 is 2.47 bits per heavy atom. The lowest BCUT2D eigenvalue weighted by Gasteiger charge is -2.19. The SMILES string of the molecule is COc1ccc(C(=O)N(C)CCCN(C)C)cc1Br. The zero-order chi connectivity index (χ0) is 14.4. The molecule has 19 heavy (non-hydrogen) atoms. The zero-order valence-corrected chi connectivity index (χ0v) is 13.5. The summed E-state index contributed by atoms with van der Waals surface area (Å²) in [5, 5.41) is 0. The fourth-order valence-electron chi connectivity index (χ4n) is 1.75. The molecule has 0 bridgehead atoms. The van der Waals surface area contributed by atoms with E-state index in [0.29, 0.717) is 5.56 Å². The first-order chi connectivity index (χ1) is 8.95. The van der Waals surface area contributed by atoms with Gasteiger partial charge in [0.05, 0.1) is 11.6 Å². The van der Waals surface area contributed by atoms with E-state index < -0.39 is 0 Å². The number of hydrogen-bond donors (Lipinski definition) is 0. The summed E-state index contributed by atoms with van der Waals surface area (Å²) >= 11 is 3.39. The van der Waals surface area contributed by atoms with Gasteiger partial charge in [0.25, 0.3) is 5.91 Å². The summed E-state index contributed by atoms with van der Waals surface area (Å²) in [6.07, 6.45) is 0.965. The molecule has 0 aromatic heterocycles. The van der Waals surface area contributed by atoms with E-state index in [1.165, 1.54) is 0 Å². The topological polar surface area (TPSA) is 32.8 Å². The second-order valence-corrected chi connectivity index (χ2v) is 5.59. The Kier molecular flexibility index (Phi) is 6.31. The fourth-order valence-corrected chi connectivity index (χ4v) is 2.29. The van der Waals surface area contributed by atoms with Crippen LogP contribution in [0.2, 0.25) is 0 Å². The highest BCUT2D eigenvalue weighted by Crippen LogP contribution is 2.25. The quantitative estimate of drug-likeness (QED) is 0.804. The molecule has 5 heteroatoms. The Labute approximate surface area is 123 Å². The summed E-state index contributed by atoms with van der Waals surface area (Å²) in [5.74, 6) is 0.758. The van der Waals surface area contributed by atoms with E-state index in [0.717, 1.165) is 29.7 Å². The van der Waals surface area contributed by atoms with Crippen molar-refractivity contribution in [1.82, 2.24) is 9.80 Å². The lowest BCUT2D eigenvalue weighted by atomic mass is 10.2. The van der Waals surface area contributed by atoms with Gasteiger partial charge in [-0.3, -0.25) is 4.79 Å². The van der Waals surface area contributed by atoms with Crippen LogP contribution in [0.3, 0.4) is 0 Å². The molecular formula is C14H21BrN2O2. The van der Waals surface area contributed by atoms with Crippen molar-refractivity contribution in [2.45, 2.75) is 6.42 Å². The molecule has 1 aromatic rings. The van der Waals surface area contributed by atoms with E-state index in [9.17, 15) is 4.79 Å². The van der Waals surface area contributed by atoms with E-state index in [1.807, 2.05) is 21.1 Å². The van der Waals surface area contributed by atoms with Gasteiger partial charge in [-0.2, -0.15) is 0 Å². The lowest BCUT2D eigenvalue weighted by molar-refractivity contribution is 0.0790. The first-order valence-corrected chi connectivity index (χ1v) is 6.98. The van der Waals surface area contributed by atoms with Gasteiger partial charge in [0.1, 0.15) is 5.75 Å².